The van der Waals surface area contributed by atoms with Crippen molar-refractivity contribution in [3.63, 3.8) is 0 Å². The molecule has 2 rings (SSSR count). The Kier molecular flexibility index (Phi) is 4.42. The molecule has 0 aliphatic heterocycles. The van der Waals surface area contributed by atoms with Crippen molar-refractivity contribution in [2.24, 2.45) is 0 Å². The molecule has 0 fully saturated rings. The van der Waals surface area contributed by atoms with Crippen molar-refractivity contribution in [3.05, 3.63) is 53.5 Å². The Morgan fingerprint density at radius 3 is 2.55 bits per heavy atom. The van der Waals surface area contributed by atoms with Crippen LogP contribution in [0.25, 0.3) is 0 Å². The topological polar surface area (TPSA) is 71.7 Å². The number of hydrogen-bond acceptors (Lipinski definition) is 4. The lowest BCUT2D eigenvalue weighted by atomic mass is 10.2. The van der Waals surface area contributed by atoms with Crippen LogP contribution < -0.4 is 10.1 Å². The maximum absolute atomic E-state index is 10.8. The first kappa shape index (κ1) is 14.1. The number of furan rings is 1. The number of carboxylic acids is 1. The van der Waals surface area contributed by atoms with Crippen LogP contribution in [-0.2, 0) is 6.54 Å². The van der Waals surface area contributed by atoms with E-state index in [0.29, 0.717) is 12.3 Å². The molecule has 0 spiro atoms. The van der Waals surface area contributed by atoms with Crippen molar-refractivity contribution < 1.29 is 19.1 Å². The van der Waals surface area contributed by atoms with E-state index in [2.05, 4.69) is 5.32 Å². The van der Waals surface area contributed by atoms with Crippen LogP contribution in [0.4, 0.5) is 0 Å². The summed E-state index contributed by atoms with van der Waals surface area (Å²) in [6.07, 6.45) is 0. The standard InChI is InChI=1S/C15H17NO4/c1-10(13-7-8-14(20-13)15(17)18)16-9-11-3-5-12(19-2)6-4-11/h3-8,10,16H,9H2,1-2H3,(H,17,18). The number of methoxy groups -OCH3 is 1. The van der Waals surface area contributed by atoms with Crippen molar-refractivity contribution in [2.75, 3.05) is 7.11 Å². The molecule has 0 saturated heterocycles. The molecule has 2 N–H and O–H groups in total. The third-order valence-corrected chi connectivity index (χ3v) is 3.04. The summed E-state index contributed by atoms with van der Waals surface area (Å²) in [7, 11) is 1.63. The molecule has 0 amide bonds. The quantitative estimate of drug-likeness (QED) is 0.848. The lowest BCUT2D eigenvalue weighted by molar-refractivity contribution is 0.0659. The molecule has 0 aliphatic carbocycles. The van der Waals surface area contributed by atoms with Gasteiger partial charge >= 0.3 is 5.97 Å². The zero-order chi connectivity index (χ0) is 14.5. The molecule has 0 saturated carbocycles. The van der Waals surface area contributed by atoms with Gasteiger partial charge in [0.25, 0.3) is 0 Å². The van der Waals surface area contributed by atoms with Gasteiger partial charge in [0.15, 0.2) is 0 Å². The minimum Gasteiger partial charge on any atom is -0.497 e. The van der Waals surface area contributed by atoms with Gasteiger partial charge in [-0.2, -0.15) is 0 Å². The van der Waals surface area contributed by atoms with Crippen molar-refractivity contribution in [3.8, 4) is 5.75 Å². The highest BCUT2D eigenvalue weighted by molar-refractivity contribution is 5.84. The number of ether oxygens (including phenoxy) is 1. The van der Waals surface area contributed by atoms with Crippen molar-refractivity contribution in [2.45, 2.75) is 19.5 Å². The Bertz CT molecular complexity index is 574. The van der Waals surface area contributed by atoms with Gasteiger partial charge in [0.2, 0.25) is 5.76 Å². The van der Waals surface area contributed by atoms with Gasteiger partial charge < -0.3 is 19.6 Å². The van der Waals surface area contributed by atoms with Crippen LogP contribution in [0.15, 0.2) is 40.8 Å². The van der Waals surface area contributed by atoms with Gasteiger partial charge in [-0.15, -0.1) is 0 Å². The van der Waals surface area contributed by atoms with E-state index in [4.69, 9.17) is 14.3 Å². The van der Waals surface area contributed by atoms with E-state index in [9.17, 15) is 4.79 Å². The Balaban J connectivity index is 1.93. The lowest BCUT2D eigenvalue weighted by Crippen LogP contribution is -2.17. The average Bonchev–Trinajstić information content (AvgIpc) is 2.95. The molecule has 1 aromatic carbocycles. The zero-order valence-electron chi connectivity index (χ0n) is 11.4. The average molecular weight is 275 g/mol. The summed E-state index contributed by atoms with van der Waals surface area (Å²) >= 11 is 0. The summed E-state index contributed by atoms with van der Waals surface area (Å²) in [5.41, 5.74) is 1.11. The van der Waals surface area contributed by atoms with Crippen LogP contribution in [0.1, 0.15) is 34.8 Å². The minimum absolute atomic E-state index is 0.0434. The fourth-order valence-electron chi connectivity index (χ4n) is 1.82. The normalized spacial score (nSPS) is 12.1. The molecule has 5 nitrogen and oxygen atoms in total. The van der Waals surface area contributed by atoms with Crippen LogP contribution in [0, 0.1) is 0 Å². The summed E-state index contributed by atoms with van der Waals surface area (Å²) in [5.74, 6) is 0.326. The fraction of sp³-hybridized carbons (Fsp3) is 0.267. The first-order chi connectivity index (χ1) is 9.60. The van der Waals surface area contributed by atoms with Crippen molar-refractivity contribution >= 4 is 5.97 Å². The predicted octanol–water partition coefficient (Wildman–Crippen LogP) is 2.84. The third kappa shape index (κ3) is 3.39. The van der Waals surface area contributed by atoms with Crippen molar-refractivity contribution in [1.29, 1.82) is 0 Å². The summed E-state index contributed by atoms with van der Waals surface area (Å²) in [4.78, 5) is 10.8. The summed E-state index contributed by atoms with van der Waals surface area (Å²) < 4.78 is 10.3. The second-order valence-corrected chi connectivity index (χ2v) is 4.46. The molecule has 0 radical (unpaired) electrons. The van der Waals surface area contributed by atoms with E-state index in [0.717, 1.165) is 11.3 Å². The molecule has 1 unspecified atom stereocenters. The van der Waals surface area contributed by atoms with Crippen LogP contribution >= 0.6 is 0 Å². The second-order valence-electron chi connectivity index (χ2n) is 4.46. The van der Waals surface area contributed by atoms with Gasteiger partial charge in [0, 0.05) is 6.54 Å². The largest absolute Gasteiger partial charge is 0.497 e. The van der Waals surface area contributed by atoms with Gasteiger partial charge in [-0.25, -0.2) is 4.79 Å². The smallest absolute Gasteiger partial charge is 0.371 e. The Hall–Kier alpha value is -2.27. The van der Waals surface area contributed by atoms with Gasteiger partial charge in [0.1, 0.15) is 11.5 Å². The SMILES string of the molecule is COc1ccc(CNC(C)c2ccc(C(=O)O)o2)cc1. The maximum atomic E-state index is 10.8. The maximum Gasteiger partial charge on any atom is 0.371 e. The highest BCUT2D eigenvalue weighted by atomic mass is 16.5. The molecule has 2 aromatic rings. The lowest BCUT2D eigenvalue weighted by Gasteiger charge is -2.11. The number of hydrogen-bond donors (Lipinski definition) is 2. The molecular formula is C15H17NO4. The summed E-state index contributed by atoms with van der Waals surface area (Å²) in [6, 6.07) is 10.8. The Morgan fingerprint density at radius 1 is 1.30 bits per heavy atom. The molecule has 1 aromatic heterocycles. The molecule has 0 bridgehead atoms. The number of rotatable bonds is 6. The van der Waals surface area contributed by atoms with Crippen molar-refractivity contribution in [1.82, 2.24) is 5.32 Å². The Morgan fingerprint density at radius 2 is 2.00 bits per heavy atom. The monoisotopic (exact) mass is 275 g/mol. The van der Waals surface area contributed by atoms with Gasteiger partial charge in [-0.05, 0) is 36.8 Å². The molecule has 20 heavy (non-hydrogen) atoms. The number of benzene rings is 1. The fourth-order valence-corrected chi connectivity index (χ4v) is 1.82. The predicted molar refractivity (Wildman–Crippen MR) is 73.9 cm³/mol. The number of carbonyl (C=O) groups is 1. The van der Waals surface area contributed by atoms with E-state index >= 15 is 0 Å². The van der Waals surface area contributed by atoms with Crippen LogP contribution in [-0.4, -0.2) is 18.2 Å². The van der Waals surface area contributed by atoms with Crippen LogP contribution in [0.2, 0.25) is 0 Å². The number of nitrogens with one attached hydrogen (secondary N) is 1. The molecule has 5 heteroatoms. The van der Waals surface area contributed by atoms with E-state index in [-0.39, 0.29) is 11.8 Å². The zero-order valence-corrected chi connectivity index (χ0v) is 11.4. The van der Waals surface area contributed by atoms with E-state index < -0.39 is 5.97 Å². The molecular weight excluding hydrogens is 258 g/mol. The number of aromatic carboxylic acids is 1. The van der Waals surface area contributed by atoms with E-state index in [1.807, 2.05) is 31.2 Å². The molecule has 106 valence electrons. The van der Waals surface area contributed by atoms with Gasteiger partial charge in [0.05, 0.1) is 13.2 Å². The Labute approximate surface area is 117 Å². The first-order valence-corrected chi connectivity index (χ1v) is 6.29. The summed E-state index contributed by atoms with van der Waals surface area (Å²) in [5, 5.41) is 12.1. The first-order valence-electron chi connectivity index (χ1n) is 6.29. The van der Waals surface area contributed by atoms with E-state index in [1.54, 1.807) is 13.2 Å². The molecule has 1 atom stereocenters. The van der Waals surface area contributed by atoms with Crippen LogP contribution in [0.5, 0.6) is 5.75 Å². The number of carboxylic acid groups (broad SMARTS) is 1. The molecule has 1 heterocycles. The van der Waals surface area contributed by atoms with E-state index in [1.165, 1.54) is 6.07 Å². The summed E-state index contributed by atoms with van der Waals surface area (Å²) in [6.45, 7) is 2.59. The van der Waals surface area contributed by atoms with Gasteiger partial charge in [-0.3, -0.25) is 0 Å². The highest BCUT2D eigenvalue weighted by Gasteiger charge is 2.13. The molecule has 0 aliphatic rings. The second kappa shape index (κ2) is 6.25. The highest BCUT2D eigenvalue weighted by Crippen LogP contribution is 2.17. The van der Waals surface area contributed by atoms with Crippen LogP contribution in [0.3, 0.4) is 0 Å². The minimum atomic E-state index is -1.06. The third-order valence-electron chi connectivity index (χ3n) is 3.04. The van der Waals surface area contributed by atoms with Gasteiger partial charge in [-0.1, -0.05) is 12.1 Å².